The molecule has 1 unspecified atom stereocenters. The Kier molecular flexibility index (Phi) is 7.12. The predicted molar refractivity (Wildman–Crippen MR) is 121 cm³/mol. The summed E-state index contributed by atoms with van der Waals surface area (Å²) < 4.78 is 5.49. The fraction of sp³-hybridized carbons (Fsp3) is 0.304. The average molecular weight is 442 g/mol. The lowest BCUT2D eigenvalue weighted by Crippen LogP contribution is -2.44. The first-order chi connectivity index (χ1) is 14.7. The Labute approximate surface area is 185 Å². The van der Waals surface area contributed by atoms with Gasteiger partial charge in [0.05, 0.1) is 31.4 Å². The highest BCUT2D eigenvalue weighted by molar-refractivity contribution is 7.13. The zero-order chi connectivity index (χ0) is 20.8. The van der Waals surface area contributed by atoms with Crippen molar-refractivity contribution < 1.29 is 9.53 Å². The highest BCUT2D eigenvalue weighted by Crippen LogP contribution is 2.28. The minimum absolute atomic E-state index is 0.0156. The minimum atomic E-state index is -0.0368. The first-order valence-electron chi connectivity index (χ1n) is 10.0. The lowest BCUT2D eigenvalue weighted by molar-refractivity contribution is -0.120. The van der Waals surface area contributed by atoms with E-state index in [0.717, 1.165) is 39.9 Å². The summed E-state index contributed by atoms with van der Waals surface area (Å²) in [6.45, 7) is 3.51. The van der Waals surface area contributed by atoms with Crippen LogP contribution in [0.5, 0.6) is 0 Å². The van der Waals surface area contributed by atoms with Crippen LogP contribution in [-0.4, -0.2) is 48.6 Å². The van der Waals surface area contributed by atoms with Crippen molar-refractivity contribution >= 4 is 28.8 Å². The van der Waals surface area contributed by atoms with Crippen LogP contribution in [0, 0.1) is 0 Å². The number of rotatable bonds is 7. The summed E-state index contributed by atoms with van der Waals surface area (Å²) >= 11 is 8.02. The van der Waals surface area contributed by atoms with E-state index in [9.17, 15) is 4.79 Å². The normalized spacial score (nSPS) is 15.6. The summed E-state index contributed by atoms with van der Waals surface area (Å²) in [5, 5.41) is 6.69. The molecule has 3 aromatic rings. The van der Waals surface area contributed by atoms with Gasteiger partial charge < -0.3 is 10.1 Å². The molecule has 156 valence electrons. The van der Waals surface area contributed by atoms with Crippen molar-refractivity contribution in [2.24, 2.45) is 0 Å². The second-order valence-electron chi connectivity index (χ2n) is 7.18. The van der Waals surface area contributed by atoms with Crippen molar-refractivity contribution in [3.8, 4) is 10.6 Å². The molecule has 0 radical (unpaired) electrons. The number of nitrogens with zero attached hydrogens (tertiary/aromatic N) is 2. The molecular weight excluding hydrogens is 418 g/mol. The fourth-order valence-corrected chi connectivity index (χ4v) is 4.70. The highest BCUT2D eigenvalue weighted by atomic mass is 35.5. The van der Waals surface area contributed by atoms with Crippen molar-refractivity contribution in [1.82, 2.24) is 15.2 Å². The molecule has 5 nitrogen and oxygen atoms in total. The number of morpholine rings is 1. The van der Waals surface area contributed by atoms with Crippen molar-refractivity contribution in [2.75, 3.05) is 32.8 Å². The Bertz CT molecular complexity index is 973. The number of benzene rings is 2. The second-order valence-corrected chi connectivity index (χ2v) is 8.44. The smallest absolute Gasteiger partial charge is 0.226 e. The van der Waals surface area contributed by atoms with E-state index >= 15 is 0 Å². The van der Waals surface area contributed by atoms with Gasteiger partial charge in [-0.2, -0.15) is 0 Å². The van der Waals surface area contributed by atoms with E-state index in [1.54, 1.807) is 11.3 Å². The first kappa shape index (κ1) is 21.0. The largest absolute Gasteiger partial charge is 0.379 e. The quantitative estimate of drug-likeness (QED) is 0.597. The van der Waals surface area contributed by atoms with Crippen molar-refractivity contribution in [2.45, 2.75) is 12.5 Å². The van der Waals surface area contributed by atoms with Crippen LogP contribution in [0.2, 0.25) is 5.02 Å². The standard InChI is InChI=1S/C23H24ClN3O2S/c24-20-9-5-4-8-19(20)21(27-10-12-29-13-11-27)15-25-22(28)14-18-16-30-23(26-18)17-6-2-1-3-7-17/h1-9,16,21H,10-15H2,(H,25,28). The number of hydrogen-bond acceptors (Lipinski definition) is 5. The second kappa shape index (κ2) is 10.2. The van der Waals surface area contributed by atoms with Gasteiger partial charge in [-0.1, -0.05) is 60.1 Å². The van der Waals surface area contributed by atoms with E-state index in [-0.39, 0.29) is 18.4 Å². The lowest BCUT2D eigenvalue weighted by Gasteiger charge is -2.35. The summed E-state index contributed by atoms with van der Waals surface area (Å²) in [5.41, 5.74) is 2.89. The fourth-order valence-electron chi connectivity index (χ4n) is 3.61. The van der Waals surface area contributed by atoms with Crippen molar-refractivity contribution in [1.29, 1.82) is 0 Å². The zero-order valence-corrected chi connectivity index (χ0v) is 18.2. The van der Waals surface area contributed by atoms with Crippen molar-refractivity contribution in [3.63, 3.8) is 0 Å². The Hall–Kier alpha value is -2.25. The third kappa shape index (κ3) is 5.26. The van der Waals surface area contributed by atoms with Crippen LogP contribution in [0.25, 0.3) is 10.6 Å². The molecule has 2 aromatic carbocycles. The molecule has 1 aromatic heterocycles. The number of carbonyl (C=O) groups is 1. The zero-order valence-electron chi connectivity index (χ0n) is 16.6. The third-order valence-electron chi connectivity index (χ3n) is 5.16. The van der Waals surface area contributed by atoms with Crippen LogP contribution in [0.3, 0.4) is 0 Å². The molecule has 4 rings (SSSR count). The molecular formula is C23H24ClN3O2S. The summed E-state index contributed by atoms with van der Waals surface area (Å²) in [5.74, 6) is -0.0368. The van der Waals surface area contributed by atoms with Gasteiger partial charge in [-0.15, -0.1) is 11.3 Å². The predicted octanol–water partition coefficient (Wildman–Crippen LogP) is 4.20. The Balaban J connectivity index is 1.40. The molecule has 0 aliphatic carbocycles. The van der Waals surface area contributed by atoms with Gasteiger partial charge in [0, 0.05) is 35.6 Å². The molecule has 0 spiro atoms. The van der Waals surface area contributed by atoms with E-state index in [1.807, 2.05) is 60.0 Å². The molecule has 1 saturated heterocycles. The number of nitrogens with one attached hydrogen (secondary N) is 1. The van der Waals surface area contributed by atoms with Gasteiger partial charge in [-0.05, 0) is 11.6 Å². The molecule has 2 heterocycles. The van der Waals surface area contributed by atoms with E-state index in [1.165, 1.54) is 0 Å². The van der Waals surface area contributed by atoms with Crippen LogP contribution in [-0.2, 0) is 16.0 Å². The number of amides is 1. The van der Waals surface area contributed by atoms with E-state index < -0.39 is 0 Å². The maximum absolute atomic E-state index is 12.6. The summed E-state index contributed by atoms with van der Waals surface area (Å²) in [4.78, 5) is 19.6. The molecule has 1 fully saturated rings. The number of hydrogen-bond donors (Lipinski definition) is 1. The Morgan fingerprint density at radius 1 is 1.13 bits per heavy atom. The maximum atomic E-state index is 12.6. The molecule has 1 N–H and O–H groups in total. The van der Waals surface area contributed by atoms with Crippen LogP contribution < -0.4 is 5.32 Å². The van der Waals surface area contributed by atoms with Gasteiger partial charge in [0.2, 0.25) is 5.91 Å². The van der Waals surface area contributed by atoms with E-state index in [0.29, 0.717) is 19.8 Å². The molecule has 0 saturated carbocycles. The van der Waals surface area contributed by atoms with Crippen LogP contribution >= 0.6 is 22.9 Å². The summed E-state index contributed by atoms with van der Waals surface area (Å²) in [6, 6.07) is 17.9. The molecule has 1 aliphatic heterocycles. The topological polar surface area (TPSA) is 54.5 Å². The van der Waals surface area contributed by atoms with Crippen LogP contribution in [0.4, 0.5) is 0 Å². The summed E-state index contributed by atoms with van der Waals surface area (Å²) in [7, 11) is 0. The number of thiazole rings is 1. The van der Waals surface area contributed by atoms with E-state index in [4.69, 9.17) is 16.3 Å². The maximum Gasteiger partial charge on any atom is 0.226 e. The lowest BCUT2D eigenvalue weighted by atomic mass is 10.0. The summed E-state index contributed by atoms with van der Waals surface area (Å²) in [6.07, 6.45) is 0.266. The number of ether oxygens (including phenoxy) is 1. The number of aromatic nitrogens is 1. The molecule has 7 heteroatoms. The SMILES string of the molecule is O=C(Cc1csc(-c2ccccc2)n1)NCC(c1ccccc1Cl)N1CCOCC1. The van der Waals surface area contributed by atoms with Gasteiger partial charge in [0.1, 0.15) is 5.01 Å². The molecule has 1 aliphatic rings. The highest BCUT2D eigenvalue weighted by Gasteiger charge is 2.25. The third-order valence-corrected chi connectivity index (χ3v) is 6.44. The van der Waals surface area contributed by atoms with Gasteiger partial charge in [0.25, 0.3) is 0 Å². The minimum Gasteiger partial charge on any atom is -0.379 e. The van der Waals surface area contributed by atoms with Gasteiger partial charge in [-0.25, -0.2) is 4.98 Å². The average Bonchev–Trinajstić information content (AvgIpc) is 3.25. The molecule has 1 amide bonds. The van der Waals surface area contributed by atoms with E-state index in [2.05, 4.69) is 15.2 Å². The van der Waals surface area contributed by atoms with Gasteiger partial charge >= 0.3 is 0 Å². The van der Waals surface area contributed by atoms with Gasteiger partial charge in [0.15, 0.2) is 0 Å². The molecule has 0 bridgehead atoms. The Morgan fingerprint density at radius 2 is 1.87 bits per heavy atom. The van der Waals surface area contributed by atoms with Gasteiger partial charge in [-0.3, -0.25) is 9.69 Å². The first-order valence-corrected chi connectivity index (χ1v) is 11.3. The van der Waals surface area contributed by atoms with Crippen molar-refractivity contribution in [3.05, 3.63) is 76.3 Å². The molecule has 1 atom stereocenters. The monoisotopic (exact) mass is 441 g/mol. The Morgan fingerprint density at radius 3 is 2.63 bits per heavy atom. The number of carbonyl (C=O) groups excluding carboxylic acids is 1. The van der Waals surface area contributed by atoms with Crippen LogP contribution in [0.1, 0.15) is 17.3 Å². The van der Waals surface area contributed by atoms with Crippen LogP contribution in [0.15, 0.2) is 60.0 Å². The number of halogens is 1. The molecule has 30 heavy (non-hydrogen) atoms.